The molecule has 0 radical (unpaired) electrons. The third-order valence-corrected chi connectivity index (χ3v) is 1.68. The minimum Gasteiger partial charge on any atom is -0.390 e. The van der Waals surface area contributed by atoms with Gasteiger partial charge in [0.05, 0.1) is 18.8 Å². The highest BCUT2D eigenvalue weighted by Crippen LogP contribution is 2.02. The Kier molecular flexibility index (Phi) is 3.97. The molecular formula is C10H15N3O. The minimum atomic E-state index is -0.00151. The molecule has 1 aliphatic rings. The van der Waals surface area contributed by atoms with Crippen molar-refractivity contribution < 1.29 is 5.11 Å². The molecule has 4 heteroatoms. The summed E-state index contributed by atoms with van der Waals surface area (Å²) in [7, 11) is 0. The van der Waals surface area contributed by atoms with Crippen molar-refractivity contribution in [1.29, 1.82) is 0 Å². The van der Waals surface area contributed by atoms with Gasteiger partial charge in [0.1, 0.15) is 0 Å². The Morgan fingerprint density at radius 1 is 1.64 bits per heavy atom. The number of nitrogens with zero attached hydrogens (tertiary/aromatic N) is 1. The molecule has 0 saturated heterocycles. The number of hydrazine groups is 2. The summed E-state index contributed by atoms with van der Waals surface area (Å²) in [6, 6.07) is 0. The van der Waals surface area contributed by atoms with Crippen molar-refractivity contribution in [3.05, 3.63) is 48.9 Å². The first kappa shape index (κ1) is 10.6. The average molecular weight is 193 g/mol. The van der Waals surface area contributed by atoms with Crippen molar-refractivity contribution in [1.82, 2.24) is 16.0 Å². The molecule has 1 rings (SSSR count). The molecule has 0 aromatic heterocycles. The van der Waals surface area contributed by atoms with Gasteiger partial charge in [-0.1, -0.05) is 31.4 Å². The molecule has 0 atom stereocenters. The third kappa shape index (κ3) is 3.08. The number of hydrogen-bond donors (Lipinski definition) is 3. The van der Waals surface area contributed by atoms with Crippen molar-refractivity contribution in [2.75, 3.05) is 13.2 Å². The molecule has 3 N–H and O–H groups in total. The van der Waals surface area contributed by atoms with Crippen LogP contribution in [0.4, 0.5) is 0 Å². The molecule has 0 fully saturated rings. The van der Waals surface area contributed by atoms with E-state index in [1.54, 1.807) is 17.3 Å². The van der Waals surface area contributed by atoms with Crippen molar-refractivity contribution >= 4 is 0 Å². The molecule has 0 spiro atoms. The normalized spacial score (nSPS) is 15.5. The lowest BCUT2D eigenvalue weighted by molar-refractivity contribution is 0.283. The Hall–Kier alpha value is -1.52. The molecule has 1 aliphatic heterocycles. The second-order valence-corrected chi connectivity index (χ2v) is 2.93. The van der Waals surface area contributed by atoms with Crippen molar-refractivity contribution in [2.45, 2.75) is 0 Å². The number of rotatable bonds is 5. The predicted molar refractivity (Wildman–Crippen MR) is 56.6 cm³/mol. The van der Waals surface area contributed by atoms with Crippen LogP contribution in [0.25, 0.3) is 0 Å². The van der Waals surface area contributed by atoms with E-state index in [9.17, 15) is 0 Å². The standard InChI is InChI=1S/C10H15N3O/c1-3-4-5-9(2)6-13-7-10(8-14)11-12-13/h3-5,7,11-12,14H,1-2,6,8H2/b5-4-. The van der Waals surface area contributed by atoms with Gasteiger partial charge < -0.3 is 10.5 Å². The number of aliphatic hydroxyl groups excluding tert-OH is 1. The lowest BCUT2D eigenvalue weighted by Crippen LogP contribution is -2.37. The van der Waals surface area contributed by atoms with Gasteiger partial charge in [-0.25, -0.2) is 0 Å². The molecule has 0 unspecified atom stereocenters. The molecule has 0 bridgehead atoms. The molecule has 0 saturated carbocycles. The first-order valence-electron chi connectivity index (χ1n) is 4.33. The van der Waals surface area contributed by atoms with Gasteiger partial charge in [-0.3, -0.25) is 5.01 Å². The molecule has 0 aromatic carbocycles. The first-order chi connectivity index (χ1) is 6.76. The van der Waals surface area contributed by atoms with E-state index in [2.05, 4.69) is 24.1 Å². The predicted octanol–water partition coefficient (Wildman–Crippen LogP) is 0.443. The Morgan fingerprint density at radius 2 is 2.43 bits per heavy atom. The highest BCUT2D eigenvalue weighted by atomic mass is 16.3. The van der Waals surface area contributed by atoms with E-state index >= 15 is 0 Å². The largest absolute Gasteiger partial charge is 0.390 e. The number of allylic oxidation sites excluding steroid dienone is 2. The summed E-state index contributed by atoms with van der Waals surface area (Å²) in [6.07, 6.45) is 7.23. The van der Waals surface area contributed by atoms with Gasteiger partial charge >= 0.3 is 0 Å². The van der Waals surface area contributed by atoms with E-state index in [1.807, 2.05) is 12.2 Å². The van der Waals surface area contributed by atoms with Crippen LogP contribution in [-0.4, -0.2) is 23.3 Å². The summed E-state index contributed by atoms with van der Waals surface area (Å²) in [5, 5.41) is 10.6. The van der Waals surface area contributed by atoms with Gasteiger partial charge in [-0.2, -0.15) is 0 Å². The summed E-state index contributed by atoms with van der Waals surface area (Å²) in [5.74, 6) is 0. The van der Waals surface area contributed by atoms with E-state index < -0.39 is 0 Å². The first-order valence-corrected chi connectivity index (χ1v) is 4.33. The maximum Gasteiger partial charge on any atom is 0.0857 e. The van der Waals surface area contributed by atoms with Crippen LogP contribution >= 0.6 is 0 Å². The summed E-state index contributed by atoms with van der Waals surface area (Å²) < 4.78 is 0. The smallest absolute Gasteiger partial charge is 0.0857 e. The van der Waals surface area contributed by atoms with E-state index in [4.69, 9.17) is 5.11 Å². The average Bonchev–Trinajstić information content (AvgIpc) is 2.62. The zero-order chi connectivity index (χ0) is 10.4. The van der Waals surface area contributed by atoms with Crippen molar-refractivity contribution in [3.63, 3.8) is 0 Å². The highest BCUT2D eigenvalue weighted by molar-refractivity contribution is 5.20. The lowest BCUT2D eigenvalue weighted by Gasteiger charge is -2.14. The molecule has 0 amide bonds. The fourth-order valence-corrected chi connectivity index (χ4v) is 1.04. The second kappa shape index (κ2) is 5.26. The van der Waals surface area contributed by atoms with E-state index in [1.165, 1.54) is 0 Å². The van der Waals surface area contributed by atoms with E-state index in [0.717, 1.165) is 11.3 Å². The van der Waals surface area contributed by atoms with Crippen LogP contribution in [-0.2, 0) is 0 Å². The minimum absolute atomic E-state index is 0.00151. The monoisotopic (exact) mass is 193 g/mol. The Labute approximate surface area is 83.9 Å². The maximum atomic E-state index is 8.81. The van der Waals surface area contributed by atoms with Crippen LogP contribution in [0.1, 0.15) is 0 Å². The highest BCUT2D eigenvalue weighted by Gasteiger charge is 2.09. The van der Waals surface area contributed by atoms with Crippen LogP contribution in [0.2, 0.25) is 0 Å². The number of nitrogens with one attached hydrogen (secondary N) is 2. The van der Waals surface area contributed by atoms with Crippen molar-refractivity contribution in [3.8, 4) is 0 Å². The van der Waals surface area contributed by atoms with Gasteiger partial charge in [-0.15, -0.1) is 5.53 Å². The van der Waals surface area contributed by atoms with Crippen LogP contribution in [0.5, 0.6) is 0 Å². The fraction of sp³-hybridized carbons (Fsp3) is 0.200. The number of hydrogen-bond acceptors (Lipinski definition) is 4. The van der Waals surface area contributed by atoms with Crippen LogP contribution in [0.15, 0.2) is 48.9 Å². The van der Waals surface area contributed by atoms with Gasteiger partial charge in [-0.05, 0) is 5.57 Å². The summed E-state index contributed by atoms with van der Waals surface area (Å²) >= 11 is 0. The molecule has 4 nitrogen and oxygen atoms in total. The SMILES string of the molecule is C=C/C=C\C(=C)CN1C=C(CO)NN1. The van der Waals surface area contributed by atoms with Gasteiger partial charge in [0, 0.05) is 6.20 Å². The van der Waals surface area contributed by atoms with E-state index in [0.29, 0.717) is 6.54 Å². The fourth-order valence-electron chi connectivity index (χ4n) is 1.04. The Balaban J connectivity index is 2.39. The Bertz CT molecular complexity index is 281. The summed E-state index contributed by atoms with van der Waals surface area (Å²) in [6.45, 7) is 8.10. The lowest BCUT2D eigenvalue weighted by atomic mass is 10.2. The Morgan fingerprint density at radius 3 is 3.00 bits per heavy atom. The molecule has 0 aliphatic carbocycles. The molecule has 1 heterocycles. The van der Waals surface area contributed by atoms with Crippen LogP contribution < -0.4 is 11.0 Å². The number of aliphatic hydroxyl groups is 1. The second-order valence-electron chi connectivity index (χ2n) is 2.93. The third-order valence-electron chi connectivity index (χ3n) is 1.68. The van der Waals surface area contributed by atoms with Crippen LogP contribution in [0, 0.1) is 0 Å². The molecular weight excluding hydrogens is 178 g/mol. The zero-order valence-electron chi connectivity index (χ0n) is 8.03. The van der Waals surface area contributed by atoms with Crippen molar-refractivity contribution in [2.24, 2.45) is 0 Å². The summed E-state index contributed by atoms with van der Waals surface area (Å²) in [4.78, 5) is 0. The van der Waals surface area contributed by atoms with E-state index in [-0.39, 0.29) is 6.61 Å². The molecule has 0 aromatic rings. The van der Waals surface area contributed by atoms with Gasteiger partial charge in [0.15, 0.2) is 0 Å². The zero-order valence-corrected chi connectivity index (χ0v) is 8.03. The maximum absolute atomic E-state index is 8.81. The van der Waals surface area contributed by atoms with Gasteiger partial charge in [0.25, 0.3) is 0 Å². The quantitative estimate of drug-likeness (QED) is 0.555. The molecule has 76 valence electrons. The molecule has 14 heavy (non-hydrogen) atoms. The van der Waals surface area contributed by atoms with Gasteiger partial charge in [0.2, 0.25) is 0 Å². The van der Waals surface area contributed by atoms with Crippen LogP contribution in [0.3, 0.4) is 0 Å². The summed E-state index contributed by atoms with van der Waals surface area (Å²) in [5.41, 5.74) is 7.39. The topological polar surface area (TPSA) is 47.5 Å².